The average molecular weight is 224 g/mol. The van der Waals surface area contributed by atoms with Crippen LogP contribution >= 0.6 is 0 Å². The van der Waals surface area contributed by atoms with Gasteiger partial charge in [0.2, 0.25) is 5.91 Å². The molecule has 1 amide bonds. The molecule has 1 N–H and O–H groups in total. The third kappa shape index (κ3) is 2.02. The zero-order valence-corrected chi connectivity index (χ0v) is 8.61. The maximum atomic E-state index is 11.8. The molecule has 1 atom stereocenters. The van der Waals surface area contributed by atoms with Gasteiger partial charge < -0.3 is 10.0 Å². The van der Waals surface area contributed by atoms with Crippen molar-refractivity contribution in [3.8, 4) is 0 Å². The molecule has 16 heavy (non-hydrogen) atoms. The van der Waals surface area contributed by atoms with E-state index in [0.717, 1.165) is 6.42 Å². The summed E-state index contributed by atoms with van der Waals surface area (Å²) in [5.74, 6) is -1.17. The molecule has 2 rings (SSSR count). The number of carbonyl (C=O) groups excluding carboxylic acids is 1. The highest BCUT2D eigenvalue weighted by Gasteiger charge is 2.33. The van der Waals surface area contributed by atoms with Gasteiger partial charge in [0.15, 0.2) is 0 Å². The van der Waals surface area contributed by atoms with Gasteiger partial charge in [-0.3, -0.25) is 4.79 Å². The minimum Gasteiger partial charge on any atom is -0.480 e. The van der Waals surface area contributed by atoms with Gasteiger partial charge in [-0.25, -0.2) is 14.5 Å². The molecule has 0 spiro atoms. The molecule has 1 unspecified atom stereocenters. The SMILES string of the molecule is O=C(O)C1CCCN1C(=O)Cn1cncn1. The van der Waals surface area contributed by atoms with Crippen LogP contribution < -0.4 is 0 Å². The first-order valence-corrected chi connectivity index (χ1v) is 5.03. The van der Waals surface area contributed by atoms with Crippen LogP contribution in [-0.2, 0) is 16.1 Å². The maximum absolute atomic E-state index is 11.8. The maximum Gasteiger partial charge on any atom is 0.326 e. The van der Waals surface area contributed by atoms with Gasteiger partial charge in [-0.2, -0.15) is 5.10 Å². The summed E-state index contributed by atoms with van der Waals surface area (Å²) < 4.78 is 1.39. The van der Waals surface area contributed by atoms with Crippen molar-refractivity contribution in [2.45, 2.75) is 25.4 Å². The monoisotopic (exact) mass is 224 g/mol. The molecule has 2 heterocycles. The van der Waals surface area contributed by atoms with E-state index < -0.39 is 12.0 Å². The molecule has 7 heteroatoms. The Hall–Kier alpha value is -1.92. The van der Waals surface area contributed by atoms with E-state index in [9.17, 15) is 9.59 Å². The number of aromatic nitrogens is 3. The van der Waals surface area contributed by atoms with Crippen molar-refractivity contribution in [2.75, 3.05) is 6.54 Å². The fourth-order valence-corrected chi connectivity index (χ4v) is 1.87. The van der Waals surface area contributed by atoms with E-state index in [1.165, 1.54) is 22.2 Å². The van der Waals surface area contributed by atoms with Crippen LogP contribution in [0.25, 0.3) is 0 Å². The lowest BCUT2D eigenvalue weighted by molar-refractivity contribution is -0.148. The van der Waals surface area contributed by atoms with Crippen LogP contribution in [0.2, 0.25) is 0 Å². The molecule has 1 aliphatic heterocycles. The lowest BCUT2D eigenvalue weighted by Gasteiger charge is -2.21. The number of carboxylic acid groups (broad SMARTS) is 1. The highest BCUT2D eigenvalue weighted by molar-refractivity contribution is 5.84. The van der Waals surface area contributed by atoms with Crippen molar-refractivity contribution in [3.05, 3.63) is 12.7 Å². The number of aliphatic carboxylic acids is 1. The number of likely N-dealkylation sites (tertiary alicyclic amines) is 1. The summed E-state index contributed by atoms with van der Waals surface area (Å²) in [7, 11) is 0. The quantitative estimate of drug-likeness (QED) is 0.737. The minimum atomic E-state index is -0.940. The van der Waals surface area contributed by atoms with E-state index >= 15 is 0 Å². The molecular weight excluding hydrogens is 212 g/mol. The van der Waals surface area contributed by atoms with Crippen molar-refractivity contribution in [2.24, 2.45) is 0 Å². The predicted octanol–water partition coefficient (Wildman–Crippen LogP) is -0.646. The zero-order valence-electron chi connectivity index (χ0n) is 8.61. The van der Waals surface area contributed by atoms with Crippen LogP contribution in [0.15, 0.2) is 12.7 Å². The number of hydrogen-bond acceptors (Lipinski definition) is 4. The predicted molar refractivity (Wildman–Crippen MR) is 52.4 cm³/mol. The lowest BCUT2D eigenvalue weighted by atomic mass is 10.2. The zero-order chi connectivity index (χ0) is 11.5. The summed E-state index contributed by atoms with van der Waals surface area (Å²) in [6.45, 7) is 0.550. The Kier molecular flexibility index (Phi) is 2.84. The van der Waals surface area contributed by atoms with Crippen molar-refractivity contribution in [1.29, 1.82) is 0 Å². The molecule has 1 aromatic rings. The van der Waals surface area contributed by atoms with E-state index in [0.29, 0.717) is 13.0 Å². The van der Waals surface area contributed by atoms with Gasteiger partial charge in [0.25, 0.3) is 0 Å². The number of carboxylic acids is 1. The summed E-state index contributed by atoms with van der Waals surface area (Å²) in [4.78, 5) is 27.8. The van der Waals surface area contributed by atoms with Crippen molar-refractivity contribution < 1.29 is 14.7 Å². The summed E-state index contributed by atoms with van der Waals surface area (Å²) in [6, 6.07) is -0.684. The van der Waals surface area contributed by atoms with E-state index in [2.05, 4.69) is 10.1 Å². The molecule has 0 aromatic carbocycles. The van der Waals surface area contributed by atoms with Crippen LogP contribution in [0.1, 0.15) is 12.8 Å². The highest BCUT2D eigenvalue weighted by atomic mass is 16.4. The first-order chi connectivity index (χ1) is 7.68. The topological polar surface area (TPSA) is 88.3 Å². The van der Waals surface area contributed by atoms with Gasteiger partial charge in [0.05, 0.1) is 0 Å². The van der Waals surface area contributed by atoms with E-state index in [-0.39, 0.29) is 12.5 Å². The lowest BCUT2D eigenvalue weighted by Crippen LogP contribution is -2.42. The summed E-state index contributed by atoms with van der Waals surface area (Å²) in [5.41, 5.74) is 0. The molecule has 0 radical (unpaired) electrons. The Bertz CT molecular complexity index is 389. The Morgan fingerprint density at radius 2 is 2.31 bits per heavy atom. The molecule has 0 aliphatic carbocycles. The molecule has 1 aliphatic rings. The molecule has 0 saturated carbocycles. The molecule has 7 nitrogen and oxygen atoms in total. The van der Waals surface area contributed by atoms with Crippen LogP contribution in [0.5, 0.6) is 0 Å². The van der Waals surface area contributed by atoms with E-state index in [1.54, 1.807) is 0 Å². The highest BCUT2D eigenvalue weighted by Crippen LogP contribution is 2.17. The first-order valence-electron chi connectivity index (χ1n) is 5.03. The molecule has 1 fully saturated rings. The van der Waals surface area contributed by atoms with Crippen molar-refractivity contribution in [3.63, 3.8) is 0 Å². The Labute approximate surface area is 91.7 Å². The fraction of sp³-hybridized carbons (Fsp3) is 0.556. The Balaban J connectivity index is 2.01. The van der Waals surface area contributed by atoms with Crippen LogP contribution in [0.3, 0.4) is 0 Å². The molecule has 1 aromatic heterocycles. The van der Waals surface area contributed by atoms with Gasteiger partial charge in [-0.1, -0.05) is 0 Å². The second kappa shape index (κ2) is 4.30. The number of hydrogen-bond donors (Lipinski definition) is 1. The Morgan fingerprint density at radius 1 is 1.50 bits per heavy atom. The third-order valence-corrected chi connectivity index (χ3v) is 2.62. The molecule has 1 saturated heterocycles. The Morgan fingerprint density at radius 3 is 2.94 bits per heavy atom. The summed E-state index contributed by atoms with van der Waals surface area (Å²) in [6.07, 6.45) is 4.04. The standard InChI is InChI=1S/C9H12N4O3/c14-8(4-12-6-10-5-11-12)13-3-1-2-7(13)9(15)16/h5-7H,1-4H2,(H,15,16). The second-order valence-electron chi connectivity index (χ2n) is 3.68. The fourth-order valence-electron chi connectivity index (χ4n) is 1.87. The van der Waals surface area contributed by atoms with Crippen molar-refractivity contribution >= 4 is 11.9 Å². The number of carbonyl (C=O) groups is 2. The minimum absolute atomic E-state index is 0.0454. The molecule has 0 bridgehead atoms. The largest absolute Gasteiger partial charge is 0.480 e. The molecular formula is C9H12N4O3. The third-order valence-electron chi connectivity index (χ3n) is 2.62. The van der Waals surface area contributed by atoms with Crippen molar-refractivity contribution in [1.82, 2.24) is 19.7 Å². The average Bonchev–Trinajstić information content (AvgIpc) is 2.86. The van der Waals surface area contributed by atoms with Crippen LogP contribution in [0.4, 0.5) is 0 Å². The van der Waals surface area contributed by atoms with Gasteiger partial charge >= 0.3 is 5.97 Å². The van der Waals surface area contributed by atoms with Crippen LogP contribution in [0, 0.1) is 0 Å². The smallest absolute Gasteiger partial charge is 0.326 e. The summed E-state index contributed by atoms with van der Waals surface area (Å²) in [5, 5.41) is 12.7. The number of rotatable bonds is 3. The van der Waals surface area contributed by atoms with Crippen LogP contribution in [-0.4, -0.2) is 49.2 Å². The van der Waals surface area contributed by atoms with E-state index in [4.69, 9.17) is 5.11 Å². The van der Waals surface area contributed by atoms with Gasteiger partial charge in [0, 0.05) is 6.54 Å². The number of amides is 1. The van der Waals surface area contributed by atoms with Gasteiger partial charge in [-0.05, 0) is 12.8 Å². The number of nitrogens with zero attached hydrogens (tertiary/aromatic N) is 4. The van der Waals surface area contributed by atoms with Gasteiger partial charge in [-0.15, -0.1) is 0 Å². The first kappa shape index (κ1) is 10.6. The van der Waals surface area contributed by atoms with E-state index in [1.807, 2.05) is 0 Å². The summed E-state index contributed by atoms with van der Waals surface area (Å²) >= 11 is 0. The van der Waals surface area contributed by atoms with Gasteiger partial charge in [0.1, 0.15) is 25.2 Å². The molecule has 86 valence electrons. The second-order valence-corrected chi connectivity index (χ2v) is 3.68. The normalized spacial score (nSPS) is 20.0.